The second-order valence-corrected chi connectivity index (χ2v) is 13.5. The summed E-state index contributed by atoms with van der Waals surface area (Å²) >= 11 is 0. The van der Waals surface area contributed by atoms with Crippen LogP contribution in [-0.4, -0.2) is 28.7 Å². The number of para-hydroxylation sites is 2. The lowest BCUT2D eigenvalue weighted by Crippen LogP contribution is -2.34. The molecule has 5 heteroatoms. The Bertz CT molecular complexity index is 1890. The molecule has 0 N–H and O–H groups in total. The second kappa shape index (κ2) is 14.8. The molecule has 244 valence electrons. The van der Waals surface area contributed by atoms with E-state index in [9.17, 15) is 9.59 Å². The van der Waals surface area contributed by atoms with E-state index >= 15 is 0 Å². The third-order valence-corrected chi connectivity index (χ3v) is 8.63. The third-order valence-electron chi connectivity index (χ3n) is 8.63. The molecule has 5 nitrogen and oxygen atoms in total. The highest BCUT2D eigenvalue weighted by Crippen LogP contribution is 2.38. The number of hydrogen-bond donors (Lipinski definition) is 0. The van der Waals surface area contributed by atoms with Crippen molar-refractivity contribution in [2.24, 2.45) is 15.0 Å². The van der Waals surface area contributed by atoms with Crippen LogP contribution in [0.15, 0.2) is 124 Å². The first kappa shape index (κ1) is 34.3. The Balaban J connectivity index is 1.90. The number of benzene rings is 4. The Labute approximate surface area is 285 Å². The molecule has 0 unspecified atom stereocenters. The van der Waals surface area contributed by atoms with Gasteiger partial charge in [-0.15, -0.1) is 0 Å². The second-order valence-electron chi connectivity index (χ2n) is 13.5. The fourth-order valence-corrected chi connectivity index (χ4v) is 5.97. The van der Waals surface area contributed by atoms with E-state index < -0.39 is 0 Å². The van der Waals surface area contributed by atoms with Crippen molar-refractivity contribution in [1.29, 1.82) is 0 Å². The average Bonchev–Trinajstić information content (AvgIpc) is 3.08. The summed E-state index contributed by atoms with van der Waals surface area (Å²) in [6.45, 7) is 17.2. The van der Waals surface area contributed by atoms with E-state index in [4.69, 9.17) is 15.0 Å². The number of rotatable bonds is 10. The van der Waals surface area contributed by atoms with Crippen molar-refractivity contribution in [3.8, 4) is 0 Å². The summed E-state index contributed by atoms with van der Waals surface area (Å²) < 4.78 is 0. The summed E-state index contributed by atoms with van der Waals surface area (Å²) in [5, 5.41) is 0. The predicted octanol–water partition coefficient (Wildman–Crippen LogP) is 11.1. The molecule has 0 amide bonds. The van der Waals surface area contributed by atoms with Gasteiger partial charge < -0.3 is 0 Å². The number of aliphatic imine (C=N–C) groups is 3. The quantitative estimate of drug-likeness (QED) is 0.163. The lowest BCUT2D eigenvalue weighted by molar-refractivity contribution is 0.103. The van der Waals surface area contributed by atoms with E-state index in [2.05, 4.69) is 91.8 Å². The van der Waals surface area contributed by atoms with E-state index in [-0.39, 0.29) is 46.6 Å². The fraction of sp³-hybridized carbons (Fsp3) is 0.279. The van der Waals surface area contributed by atoms with Crippen LogP contribution in [0.5, 0.6) is 0 Å². The zero-order valence-corrected chi connectivity index (χ0v) is 29.3. The van der Waals surface area contributed by atoms with Crippen LogP contribution in [0.2, 0.25) is 0 Å². The van der Waals surface area contributed by atoms with Crippen molar-refractivity contribution in [3.05, 3.63) is 142 Å². The summed E-state index contributed by atoms with van der Waals surface area (Å²) in [4.78, 5) is 44.1. The molecule has 0 radical (unpaired) electrons. The van der Waals surface area contributed by atoms with Gasteiger partial charge in [0.15, 0.2) is 0 Å². The number of hydrogen-bond acceptors (Lipinski definition) is 5. The Morgan fingerprint density at radius 1 is 0.500 bits per heavy atom. The molecule has 0 aliphatic carbocycles. The lowest BCUT2D eigenvalue weighted by atomic mass is 9.91. The van der Waals surface area contributed by atoms with Crippen molar-refractivity contribution >= 4 is 40.1 Å². The first-order chi connectivity index (χ1) is 23.0. The third kappa shape index (κ3) is 7.26. The average molecular weight is 636 g/mol. The van der Waals surface area contributed by atoms with Crippen molar-refractivity contribution in [2.75, 3.05) is 0 Å². The van der Waals surface area contributed by atoms with Crippen LogP contribution >= 0.6 is 0 Å². The minimum atomic E-state index is -0.317. The summed E-state index contributed by atoms with van der Waals surface area (Å²) in [7, 11) is 0. The Hall–Kier alpha value is -5.03. The van der Waals surface area contributed by atoms with Gasteiger partial charge in [-0.1, -0.05) is 152 Å². The highest BCUT2D eigenvalue weighted by molar-refractivity contribution is 6.86. The zero-order valence-electron chi connectivity index (χ0n) is 29.3. The van der Waals surface area contributed by atoms with Gasteiger partial charge in [0.1, 0.15) is 17.1 Å². The molecule has 0 atom stereocenters. The maximum Gasteiger partial charge on any atom is 0.213 e. The van der Waals surface area contributed by atoms with E-state index in [0.29, 0.717) is 22.6 Å². The Morgan fingerprint density at radius 3 is 1.31 bits per heavy atom. The highest BCUT2D eigenvalue weighted by atomic mass is 16.1. The van der Waals surface area contributed by atoms with Crippen LogP contribution in [0.1, 0.15) is 122 Å². The number of carbonyl (C=O) groups is 2. The fourth-order valence-electron chi connectivity index (χ4n) is 5.97. The van der Waals surface area contributed by atoms with Crippen LogP contribution < -0.4 is 0 Å². The maximum absolute atomic E-state index is 14.5. The SMILES string of the molecule is CC(C)c1cccc(C(C)C)c1N=C1C=C(C(=O)c2ccccc2)N=C(C(=O)c2ccccc2)C1=Nc1c(C(C)C)cccc1C(C)C. The van der Waals surface area contributed by atoms with Gasteiger partial charge in [-0.05, 0) is 52.0 Å². The van der Waals surface area contributed by atoms with Crippen molar-refractivity contribution in [2.45, 2.75) is 79.1 Å². The molecule has 1 aliphatic heterocycles. The molecular formula is C43H45N3O2. The molecule has 4 aromatic rings. The maximum atomic E-state index is 14.5. The van der Waals surface area contributed by atoms with E-state index in [1.54, 1.807) is 30.3 Å². The van der Waals surface area contributed by atoms with Gasteiger partial charge in [-0.2, -0.15) is 0 Å². The Morgan fingerprint density at radius 2 is 0.896 bits per heavy atom. The van der Waals surface area contributed by atoms with Crippen molar-refractivity contribution in [1.82, 2.24) is 0 Å². The van der Waals surface area contributed by atoms with Crippen LogP contribution in [0.4, 0.5) is 11.4 Å². The molecule has 48 heavy (non-hydrogen) atoms. The molecule has 1 aliphatic rings. The molecule has 5 rings (SSSR count). The van der Waals surface area contributed by atoms with Crippen LogP contribution in [0.25, 0.3) is 0 Å². The van der Waals surface area contributed by atoms with E-state index in [0.717, 1.165) is 33.6 Å². The smallest absolute Gasteiger partial charge is 0.213 e. The van der Waals surface area contributed by atoms with E-state index in [1.165, 1.54) is 0 Å². The minimum Gasteiger partial charge on any atom is -0.287 e. The molecule has 1 heterocycles. The van der Waals surface area contributed by atoms with Gasteiger partial charge in [0.05, 0.1) is 17.1 Å². The van der Waals surface area contributed by atoms with Crippen molar-refractivity contribution < 1.29 is 9.59 Å². The molecular weight excluding hydrogens is 590 g/mol. The number of nitrogens with zero attached hydrogens (tertiary/aromatic N) is 3. The van der Waals surface area contributed by atoms with Gasteiger partial charge >= 0.3 is 0 Å². The standard InChI is InChI=1S/C43H45N3O2/c1-26(2)32-21-15-22-33(27(3)4)38(32)44-36-25-37(42(47)30-17-11-9-12-18-30)45-41(43(48)31-19-13-10-14-20-31)40(36)46-39-34(28(5)6)23-16-24-35(39)29(7)8/h9-29H,1-8H3. The van der Waals surface area contributed by atoms with E-state index in [1.807, 2.05) is 36.4 Å². The molecule has 0 aromatic heterocycles. The minimum absolute atomic E-state index is 0.100. The summed E-state index contributed by atoms with van der Waals surface area (Å²) in [6.07, 6.45) is 1.71. The van der Waals surface area contributed by atoms with Gasteiger partial charge in [0.2, 0.25) is 11.6 Å². The summed E-state index contributed by atoms with van der Waals surface area (Å²) in [5.74, 6) is 0.133. The predicted molar refractivity (Wildman–Crippen MR) is 200 cm³/mol. The molecule has 0 bridgehead atoms. The van der Waals surface area contributed by atoms with Crippen LogP contribution in [0, 0.1) is 0 Å². The Kier molecular flexibility index (Phi) is 10.6. The van der Waals surface area contributed by atoms with Gasteiger partial charge in [0.25, 0.3) is 0 Å². The normalized spacial score (nSPS) is 15.1. The largest absolute Gasteiger partial charge is 0.287 e. The first-order valence-corrected chi connectivity index (χ1v) is 16.9. The molecule has 0 fully saturated rings. The number of Topliss-reactive ketones (excluding diaryl/α,β-unsaturated/α-hetero) is 2. The number of ketones is 2. The molecule has 0 saturated heterocycles. The molecule has 0 saturated carbocycles. The van der Waals surface area contributed by atoms with Gasteiger partial charge in [-0.25, -0.2) is 15.0 Å². The summed E-state index contributed by atoms with van der Waals surface area (Å²) in [5.41, 5.74) is 7.94. The monoisotopic (exact) mass is 635 g/mol. The van der Waals surface area contributed by atoms with Crippen molar-refractivity contribution in [3.63, 3.8) is 0 Å². The van der Waals surface area contributed by atoms with Gasteiger partial charge in [0, 0.05) is 11.1 Å². The molecule has 4 aromatic carbocycles. The van der Waals surface area contributed by atoms with Crippen LogP contribution in [-0.2, 0) is 0 Å². The first-order valence-electron chi connectivity index (χ1n) is 16.9. The highest BCUT2D eigenvalue weighted by Gasteiger charge is 2.31. The topological polar surface area (TPSA) is 71.2 Å². The number of allylic oxidation sites excluding steroid dienone is 2. The summed E-state index contributed by atoms with van der Waals surface area (Å²) in [6, 6.07) is 30.6. The number of carbonyl (C=O) groups excluding carboxylic acids is 2. The van der Waals surface area contributed by atoms with Crippen LogP contribution in [0.3, 0.4) is 0 Å². The molecule has 0 spiro atoms. The van der Waals surface area contributed by atoms with Gasteiger partial charge in [-0.3, -0.25) is 9.59 Å². The lowest BCUT2D eigenvalue weighted by Gasteiger charge is -2.22. The zero-order chi connectivity index (χ0) is 34.5.